The van der Waals surface area contributed by atoms with Crippen LogP contribution in [0.4, 0.5) is 34.1 Å². The number of anilines is 6. The number of furan rings is 2. The van der Waals surface area contributed by atoms with Gasteiger partial charge in [0.25, 0.3) is 0 Å². The summed E-state index contributed by atoms with van der Waals surface area (Å²) < 4.78 is 14.4. The van der Waals surface area contributed by atoms with Gasteiger partial charge in [0.15, 0.2) is 11.2 Å². The average molecular weight is 1010 g/mol. The Bertz CT molecular complexity index is 4530. The maximum atomic E-state index is 7.22. The third-order valence-corrected chi connectivity index (χ3v) is 18.8. The molecule has 76 heavy (non-hydrogen) atoms. The molecule has 366 valence electrons. The van der Waals surface area contributed by atoms with Gasteiger partial charge in [0, 0.05) is 52.5 Å². The monoisotopic (exact) mass is 1010 g/mol. The number of para-hydroxylation sites is 4. The minimum absolute atomic E-state index is 0.882. The van der Waals surface area contributed by atoms with Gasteiger partial charge in [-0.15, -0.1) is 0 Å². The van der Waals surface area contributed by atoms with E-state index in [0.717, 1.165) is 101 Å². The molecule has 0 aliphatic heterocycles. The van der Waals surface area contributed by atoms with Gasteiger partial charge in [-0.25, -0.2) is 0 Å². The predicted octanol–water partition coefficient (Wildman–Crippen LogP) is 19.8. The quantitative estimate of drug-likeness (QED) is 0.0955. The van der Waals surface area contributed by atoms with Gasteiger partial charge in [0.1, 0.15) is 11.2 Å². The Hall–Kier alpha value is -8.69. The van der Waals surface area contributed by atoms with Crippen LogP contribution in [-0.2, 0) is 6.04 Å². The molecule has 2 aromatic heterocycles. The summed E-state index contributed by atoms with van der Waals surface area (Å²) >= 11 is 0. The Kier molecular flexibility index (Phi) is 10.9. The van der Waals surface area contributed by atoms with Gasteiger partial charge in [-0.1, -0.05) is 215 Å². The lowest BCUT2D eigenvalue weighted by molar-refractivity contribution is 0.665. The molecule has 0 unspecified atom stereocenters. The molecule has 0 radical (unpaired) electrons. The van der Waals surface area contributed by atoms with Crippen LogP contribution in [0.1, 0.15) is 5.56 Å². The highest BCUT2D eigenvalue weighted by Crippen LogP contribution is 2.51. The molecule has 6 heteroatoms. The van der Waals surface area contributed by atoms with Crippen molar-refractivity contribution in [3.63, 3.8) is 0 Å². The first-order valence-corrected chi connectivity index (χ1v) is 33.3. The maximum absolute atomic E-state index is 7.22. The van der Waals surface area contributed by atoms with E-state index in [4.69, 9.17) is 8.83 Å². The van der Waals surface area contributed by atoms with Crippen LogP contribution in [-0.4, -0.2) is 16.9 Å². The van der Waals surface area contributed by atoms with Gasteiger partial charge in [-0.2, -0.15) is 0 Å². The summed E-state index contributed by atoms with van der Waals surface area (Å²) in [5.41, 5.74) is 16.0. The highest BCUT2D eigenvalue weighted by molar-refractivity contribution is 6.90. The molecule has 12 aromatic carbocycles. The zero-order valence-electron chi connectivity index (χ0n) is 43.4. The van der Waals surface area contributed by atoms with Crippen LogP contribution in [0.2, 0.25) is 32.7 Å². The fourth-order valence-corrected chi connectivity index (χ4v) is 14.8. The molecular formula is C70H56N2O2Si2. The Morgan fingerprint density at radius 2 is 0.776 bits per heavy atom. The first-order chi connectivity index (χ1) is 37.2. The summed E-state index contributed by atoms with van der Waals surface area (Å²) in [5.74, 6) is 0. The maximum Gasteiger partial charge on any atom is 0.159 e. The van der Waals surface area contributed by atoms with Crippen LogP contribution < -0.4 is 15.0 Å². The molecule has 0 fully saturated rings. The first kappa shape index (κ1) is 45.9. The van der Waals surface area contributed by atoms with Gasteiger partial charge in [-0.05, 0) is 109 Å². The van der Waals surface area contributed by atoms with Crippen LogP contribution in [0.5, 0.6) is 0 Å². The summed E-state index contributed by atoms with van der Waals surface area (Å²) in [6.45, 7) is 12.0. The van der Waals surface area contributed by atoms with Crippen LogP contribution >= 0.6 is 0 Å². The molecule has 4 nitrogen and oxygen atoms in total. The second-order valence-corrected chi connectivity index (χ2v) is 30.2. The van der Waals surface area contributed by atoms with E-state index in [2.05, 4.69) is 273 Å². The molecule has 0 saturated carbocycles. The third-order valence-electron chi connectivity index (χ3n) is 15.5. The summed E-state index contributed by atoms with van der Waals surface area (Å²) in [4.78, 5) is 4.89. The van der Waals surface area contributed by atoms with Crippen molar-refractivity contribution in [3.05, 3.63) is 236 Å². The Morgan fingerprint density at radius 1 is 0.355 bits per heavy atom. The topological polar surface area (TPSA) is 32.8 Å². The van der Waals surface area contributed by atoms with Crippen molar-refractivity contribution in [1.29, 1.82) is 0 Å². The lowest BCUT2D eigenvalue weighted by Gasteiger charge is -2.29. The summed E-state index contributed by atoms with van der Waals surface area (Å²) in [7, 11) is -2.71. The second kappa shape index (κ2) is 18.0. The SMILES string of the molecule is C[SiH](C)Cc1cccc2c1oc1c(N(c3cccc(-c4ccccc4)c3)c3ccc4ccc5c(N(c6cccc(-c7ccccc7)c6)c6cccc7c6oc6c([Si](C)(C)C)cccc67)ccc6ccc3c4c65)cccc12. The Labute approximate surface area is 445 Å². The van der Waals surface area contributed by atoms with Gasteiger partial charge in [0.2, 0.25) is 0 Å². The van der Waals surface area contributed by atoms with Crippen molar-refractivity contribution in [2.45, 2.75) is 38.8 Å². The zero-order valence-corrected chi connectivity index (χ0v) is 45.6. The number of rotatable bonds is 11. The molecule has 0 bridgehead atoms. The molecule has 0 atom stereocenters. The molecule has 0 amide bonds. The highest BCUT2D eigenvalue weighted by Gasteiger charge is 2.28. The van der Waals surface area contributed by atoms with Crippen molar-refractivity contribution < 1.29 is 8.83 Å². The minimum Gasteiger partial charge on any atom is -0.454 e. The summed E-state index contributed by atoms with van der Waals surface area (Å²) in [6.07, 6.45) is 0. The number of benzene rings is 12. The standard InChI is InChI=1S/C70H56N2O2Si2/c1-75(2)44-51-24-14-27-54-55-28-15-31-62(68(55)73-67(51)54)71(52-25-12-22-49(42-52)45-18-8-6-9-19-45)60-40-36-47-35-39-59-61(41-37-48-34-38-58(60)65(47)66(48)59)72(53-26-13-23-50(43-53)46-20-10-7-11-21-46)63-32-16-29-56-57-30-17-33-64(76(3,4)5)70(57)74-69(56)63/h6-43,75H,44H2,1-5H3. The number of hydrogen-bond acceptors (Lipinski definition) is 4. The first-order valence-electron chi connectivity index (χ1n) is 26.7. The van der Waals surface area contributed by atoms with Crippen molar-refractivity contribution in [3.8, 4) is 22.3 Å². The lowest BCUT2D eigenvalue weighted by atomic mass is 9.91. The van der Waals surface area contributed by atoms with Crippen molar-refractivity contribution >= 4 is 132 Å². The molecule has 0 spiro atoms. The zero-order chi connectivity index (χ0) is 51.2. The molecule has 0 N–H and O–H groups in total. The molecule has 0 aliphatic rings. The van der Waals surface area contributed by atoms with E-state index in [1.807, 2.05) is 0 Å². The highest BCUT2D eigenvalue weighted by atomic mass is 28.3. The molecule has 2 heterocycles. The Balaban J connectivity index is 1.03. The van der Waals surface area contributed by atoms with Crippen molar-refractivity contribution in [1.82, 2.24) is 0 Å². The van der Waals surface area contributed by atoms with E-state index < -0.39 is 16.9 Å². The largest absolute Gasteiger partial charge is 0.454 e. The predicted molar refractivity (Wildman–Crippen MR) is 331 cm³/mol. The minimum atomic E-state index is -1.77. The van der Waals surface area contributed by atoms with Crippen LogP contribution in [0.3, 0.4) is 0 Å². The molecule has 0 aliphatic carbocycles. The van der Waals surface area contributed by atoms with E-state index in [-0.39, 0.29) is 0 Å². The fraction of sp³-hybridized carbons (Fsp3) is 0.0857. The van der Waals surface area contributed by atoms with E-state index in [1.165, 1.54) is 48.8 Å². The van der Waals surface area contributed by atoms with Crippen molar-refractivity contribution in [2.75, 3.05) is 9.80 Å². The molecule has 14 aromatic rings. The van der Waals surface area contributed by atoms with Gasteiger partial charge in [-0.3, -0.25) is 0 Å². The van der Waals surface area contributed by atoms with Crippen LogP contribution in [0.15, 0.2) is 239 Å². The van der Waals surface area contributed by atoms with E-state index in [0.29, 0.717) is 0 Å². The van der Waals surface area contributed by atoms with Gasteiger partial charge < -0.3 is 18.6 Å². The smallest absolute Gasteiger partial charge is 0.159 e. The van der Waals surface area contributed by atoms with Crippen LogP contribution in [0.25, 0.3) is 98.4 Å². The average Bonchev–Trinajstić information content (AvgIpc) is 4.12. The number of nitrogens with zero attached hydrogens (tertiary/aromatic N) is 2. The summed E-state index contributed by atoms with van der Waals surface area (Å²) in [5, 5.41) is 13.0. The second-order valence-electron chi connectivity index (χ2n) is 21.9. The van der Waals surface area contributed by atoms with E-state index >= 15 is 0 Å². The third kappa shape index (κ3) is 7.54. The molecule has 14 rings (SSSR count). The van der Waals surface area contributed by atoms with Gasteiger partial charge >= 0.3 is 0 Å². The van der Waals surface area contributed by atoms with E-state index in [9.17, 15) is 0 Å². The fourth-order valence-electron chi connectivity index (χ4n) is 12.1. The Morgan fingerprint density at radius 3 is 1.28 bits per heavy atom. The number of fused-ring (bicyclic) bond motifs is 6. The van der Waals surface area contributed by atoms with Gasteiger partial charge in [0.05, 0.1) is 30.8 Å². The molecular weight excluding hydrogens is 957 g/mol. The summed E-state index contributed by atoms with van der Waals surface area (Å²) in [6, 6.07) is 85.7. The van der Waals surface area contributed by atoms with Crippen LogP contribution in [0, 0.1) is 0 Å². The van der Waals surface area contributed by atoms with Crippen molar-refractivity contribution in [2.24, 2.45) is 0 Å². The normalized spacial score (nSPS) is 12.2. The van der Waals surface area contributed by atoms with E-state index in [1.54, 1.807) is 0 Å². The number of hydrogen-bond donors (Lipinski definition) is 0. The lowest BCUT2D eigenvalue weighted by Crippen LogP contribution is -2.37. The molecule has 0 saturated heterocycles.